The van der Waals surface area contributed by atoms with E-state index in [0.717, 1.165) is 12.8 Å². The molecule has 1 fully saturated rings. The largest absolute Gasteiger partial charge is 0.444 e. The second-order valence-corrected chi connectivity index (χ2v) is 7.81. The first-order valence-electron chi connectivity index (χ1n) is 8.84. The van der Waals surface area contributed by atoms with E-state index in [1.165, 1.54) is 0 Å². The molecule has 1 rings (SSSR count). The monoisotopic (exact) mass is 340 g/mol. The Bertz CT molecular complexity index is 456. The standard InChI is InChI=1S/C18H32N2O4/c1-13-9-10-20(16(22)8-6-7-14(2)21)15(11-13)12-19-17(23)24-18(3,4)5/h13,15H,6-12H2,1-5H3,(H,19,23)/t13-,15+/m0/s1. The lowest BCUT2D eigenvalue weighted by Crippen LogP contribution is -2.51. The van der Waals surface area contributed by atoms with Gasteiger partial charge in [0.1, 0.15) is 11.4 Å². The molecule has 0 spiro atoms. The summed E-state index contributed by atoms with van der Waals surface area (Å²) in [5.74, 6) is 0.703. The molecule has 0 bridgehead atoms. The van der Waals surface area contributed by atoms with Crippen LogP contribution < -0.4 is 5.32 Å². The van der Waals surface area contributed by atoms with E-state index in [9.17, 15) is 14.4 Å². The number of carbonyl (C=O) groups is 3. The van der Waals surface area contributed by atoms with E-state index in [-0.39, 0.29) is 17.7 Å². The summed E-state index contributed by atoms with van der Waals surface area (Å²) >= 11 is 0. The molecule has 0 aliphatic carbocycles. The smallest absolute Gasteiger partial charge is 0.407 e. The SMILES string of the molecule is CC(=O)CCCC(=O)N1CC[C@H](C)C[C@@H]1CNC(=O)OC(C)(C)C. The lowest BCUT2D eigenvalue weighted by molar-refractivity contribution is -0.135. The van der Waals surface area contributed by atoms with E-state index in [1.807, 2.05) is 25.7 Å². The topological polar surface area (TPSA) is 75.7 Å². The molecule has 138 valence electrons. The van der Waals surface area contributed by atoms with Gasteiger partial charge < -0.3 is 19.7 Å². The summed E-state index contributed by atoms with van der Waals surface area (Å²) in [6.07, 6.45) is 2.81. The lowest BCUT2D eigenvalue weighted by Gasteiger charge is -2.39. The molecule has 6 heteroatoms. The van der Waals surface area contributed by atoms with Crippen molar-refractivity contribution in [1.29, 1.82) is 0 Å². The van der Waals surface area contributed by atoms with Gasteiger partial charge in [0.2, 0.25) is 5.91 Å². The average molecular weight is 340 g/mol. The summed E-state index contributed by atoms with van der Waals surface area (Å²) in [7, 11) is 0. The number of alkyl carbamates (subject to hydrolysis) is 1. The molecule has 0 aromatic rings. The summed E-state index contributed by atoms with van der Waals surface area (Å²) in [4.78, 5) is 37.1. The number of hydrogen-bond donors (Lipinski definition) is 1. The number of nitrogens with one attached hydrogen (secondary N) is 1. The van der Waals surface area contributed by atoms with E-state index in [4.69, 9.17) is 4.74 Å². The predicted molar refractivity (Wildman–Crippen MR) is 92.7 cm³/mol. The van der Waals surface area contributed by atoms with E-state index in [1.54, 1.807) is 6.92 Å². The quantitative estimate of drug-likeness (QED) is 0.806. The van der Waals surface area contributed by atoms with E-state index in [2.05, 4.69) is 12.2 Å². The zero-order valence-corrected chi connectivity index (χ0v) is 15.7. The number of likely N-dealkylation sites (tertiary alicyclic amines) is 1. The Morgan fingerprint density at radius 1 is 1.21 bits per heavy atom. The second kappa shape index (κ2) is 9.04. The first-order chi connectivity index (χ1) is 11.1. The number of piperidine rings is 1. The van der Waals surface area contributed by atoms with Crippen molar-refractivity contribution in [3.63, 3.8) is 0 Å². The van der Waals surface area contributed by atoms with Gasteiger partial charge >= 0.3 is 6.09 Å². The summed E-state index contributed by atoms with van der Waals surface area (Å²) in [6.45, 7) is 10.3. The molecule has 1 aliphatic rings. The zero-order chi connectivity index (χ0) is 18.3. The van der Waals surface area contributed by atoms with Gasteiger partial charge in [0, 0.05) is 32.0 Å². The average Bonchev–Trinajstić information content (AvgIpc) is 2.42. The highest BCUT2D eigenvalue weighted by Crippen LogP contribution is 2.23. The first kappa shape index (κ1) is 20.5. The Morgan fingerprint density at radius 2 is 1.88 bits per heavy atom. The van der Waals surface area contributed by atoms with Crippen LogP contribution in [0, 0.1) is 5.92 Å². The molecular weight excluding hydrogens is 308 g/mol. The normalized spacial score (nSPS) is 21.3. The van der Waals surface area contributed by atoms with Gasteiger partial charge in [0.15, 0.2) is 0 Å². The third-order valence-electron chi connectivity index (χ3n) is 4.10. The van der Waals surface area contributed by atoms with Crippen molar-refractivity contribution in [1.82, 2.24) is 10.2 Å². The van der Waals surface area contributed by atoms with Crippen LogP contribution in [0.5, 0.6) is 0 Å². The summed E-state index contributed by atoms with van der Waals surface area (Å²) < 4.78 is 5.25. The number of Topliss-reactive ketones (excluding diaryl/α,β-unsaturated/α-hetero) is 1. The first-order valence-corrected chi connectivity index (χ1v) is 8.84. The van der Waals surface area contributed by atoms with Gasteiger partial charge in [0.25, 0.3) is 0 Å². The summed E-state index contributed by atoms with van der Waals surface area (Å²) in [5.41, 5.74) is -0.536. The number of carbonyl (C=O) groups excluding carboxylic acids is 3. The maximum atomic E-state index is 12.4. The van der Waals surface area contributed by atoms with Gasteiger partial charge in [-0.25, -0.2) is 4.79 Å². The fourth-order valence-electron chi connectivity index (χ4n) is 2.92. The Morgan fingerprint density at radius 3 is 2.46 bits per heavy atom. The second-order valence-electron chi connectivity index (χ2n) is 7.81. The molecule has 24 heavy (non-hydrogen) atoms. The Hall–Kier alpha value is -1.59. The van der Waals surface area contributed by atoms with Crippen LogP contribution in [-0.4, -0.2) is 47.4 Å². The van der Waals surface area contributed by atoms with Crippen LogP contribution in [0.15, 0.2) is 0 Å². The van der Waals surface area contributed by atoms with Gasteiger partial charge in [-0.3, -0.25) is 4.79 Å². The van der Waals surface area contributed by atoms with Gasteiger partial charge in [0.05, 0.1) is 0 Å². The molecule has 1 aliphatic heterocycles. The minimum atomic E-state index is -0.536. The van der Waals surface area contributed by atoms with E-state index < -0.39 is 11.7 Å². The Kier molecular flexibility index (Phi) is 7.70. The fraction of sp³-hybridized carbons (Fsp3) is 0.833. The van der Waals surface area contributed by atoms with Gasteiger partial charge in [-0.2, -0.15) is 0 Å². The molecule has 0 radical (unpaired) electrons. The van der Waals surface area contributed by atoms with Crippen molar-refractivity contribution in [2.75, 3.05) is 13.1 Å². The number of hydrogen-bond acceptors (Lipinski definition) is 4. The van der Waals surface area contributed by atoms with Crippen molar-refractivity contribution < 1.29 is 19.1 Å². The minimum Gasteiger partial charge on any atom is -0.444 e. The number of ether oxygens (including phenoxy) is 1. The third kappa shape index (κ3) is 7.79. The molecule has 2 amide bonds. The maximum Gasteiger partial charge on any atom is 0.407 e. The molecule has 1 saturated heterocycles. The lowest BCUT2D eigenvalue weighted by atomic mass is 9.92. The number of rotatable bonds is 6. The molecule has 0 aromatic carbocycles. The zero-order valence-electron chi connectivity index (χ0n) is 15.7. The van der Waals surface area contributed by atoms with Crippen LogP contribution in [0.1, 0.15) is 66.7 Å². The molecule has 1 N–H and O–H groups in total. The van der Waals surface area contributed by atoms with Crippen LogP contribution in [0.2, 0.25) is 0 Å². The third-order valence-corrected chi connectivity index (χ3v) is 4.10. The van der Waals surface area contributed by atoms with Crippen LogP contribution in [0.25, 0.3) is 0 Å². The summed E-state index contributed by atoms with van der Waals surface area (Å²) in [6, 6.07) is -0.00824. The van der Waals surface area contributed by atoms with Gasteiger partial charge in [-0.05, 0) is 52.9 Å². The van der Waals surface area contributed by atoms with Crippen LogP contribution in [0.4, 0.5) is 4.79 Å². The molecular formula is C18H32N2O4. The predicted octanol–water partition coefficient (Wildman–Crippen LogP) is 2.90. The number of amides is 2. The molecule has 0 saturated carbocycles. The van der Waals surface area contributed by atoms with Crippen molar-refractivity contribution in [3.05, 3.63) is 0 Å². The highest BCUT2D eigenvalue weighted by molar-refractivity contribution is 5.79. The molecule has 6 nitrogen and oxygen atoms in total. The molecule has 0 unspecified atom stereocenters. The van der Waals surface area contributed by atoms with E-state index in [0.29, 0.717) is 38.3 Å². The van der Waals surface area contributed by atoms with Crippen molar-refractivity contribution in [2.45, 2.75) is 78.4 Å². The highest BCUT2D eigenvalue weighted by Gasteiger charge is 2.30. The number of nitrogens with zero attached hydrogens (tertiary/aromatic N) is 1. The molecule has 0 aromatic heterocycles. The van der Waals surface area contributed by atoms with Crippen LogP contribution >= 0.6 is 0 Å². The van der Waals surface area contributed by atoms with Crippen LogP contribution in [-0.2, 0) is 14.3 Å². The summed E-state index contributed by atoms with van der Waals surface area (Å²) in [5, 5.41) is 2.78. The maximum absolute atomic E-state index is 12.4. The highest BCUT2D eigenvalue weighted by atomic mass is 16.6. The van der Waals surface area contributed by atoms with E-state index >= 15 is 0 Å². The Labute approximate surface area is 145 Å². The number of ketones is 1. The van der Waals surface area contributed by atoms with Gasteiger partial charge in [-0.15, -0.1) is 0 Å². The molecule has 2 atom stereocenters. The Balaban J connectivity index is 2.54. The van der Waals surface area contributed by atoms with Crippen molar-refractivity contribution in [2.24, 2.45) is 5.92 Å². The minimum absolute atomic E-state index is 0.00824. The fourth-order valence-corrected chi connectivity index (χ4v) is 2.92. The molecule has 1 heterocycles. The van der Waals surface area contributed by atoms with Crippen LogP contribution in [0.3, 0.4) is 0 Å². The van der Waals surface area contributed by atoms with Gasteiger partial charge in [-0.1, -0.05) is 6.92 Å². The van der Waals surface area contributed by atoms with Crippen molar-refractivity contribution in [3.8, 4) is 0 Å². The van der Waals surface area contributed by atoms with Crippen molar-refractivity contribution >= 4 is 17.8 Å².